The number of halogens is 1. The Kier molecular flexibility index (Phi) is 3.43. The fourth-order valence-corrected chi connectivity index (χ4v) is 2.00. The lowest BCUT2D eigenvalue weighted by Gasteiger charge is -2.10. The molecule has 3 nitrogen and oxygen atoms in total. The van der Waals surface area contributed by atoms with Crippen molar-refractivity contribution in [2.45, 2.75) is 32.0 Å². The minimum absolute atomic E-state index is 0.104. The maximum absolute atomic E-state index is 13.5. The van der Waals surface area contributed by atoms with Gasteiger partial charge in [0.1, 0.15) is 6.10 Å². The van der Waals surface area contributed by atoms with Crippen LogP contribution in [0.2, 0.25) is 0 Å². The van der Waals surface area contributed by atoms with Crippen molar-refractivity contribution in [3.8, 4) is 5.75 Å². The SMILES string of the molecule is COc1ccc(C(=O)C2CCC(C)O2)cc1F. The summed E-state index contributed by atoms with van der Waals surface area (Å²) in [4.78, 5) is 12.0. The second-order valence-electron chi connectivity index (χ2n) is 4.23. The summed E-state index contributed by atoms with van der Waals surface area (Å²) in [5.74, 6) is -0.539. The summed E-state index contributed by atoms with van der Waals surface area (Å²) in [5.41, 5.74) is 0.336. The Morgan fingerprint density at radius 3 is 2.76 bits per heavy atom. The standard InChI is InChI=1S/C13H15FO3/c1-8-3-5-12(17-8)13(15)9-4-6-11(16-2)10(14)7-9/h4,6-8,12H,3,5H2,1-2H3. The topological polar surface area (TPSA) is 35.5 Å². The zero-order valence-electron chi connectivity index (χ0n) is 9.90. The molecule has 0 amide bonds. The first kappa shape index (κ1) is 12.0. The molecule has 0 aromatic heterocycles. The van der Waals surface area contributed by atoms with Crippen LogP contribution < -0.4 is 4.74 Å². The third-order valence-corrected chi connectivity index (χ3v) is 2.96. The lowest BCUT2D eigenvalue weighted by molar-refractivity contribution is 0.0433. The molecular weight excluding hydrogens is 223 g/mol. The van der Waals surface area contributed by atoms with Gasteiger partial charge < -0.3 is 9.47 Å². The summed E-state index contributed by atoms with van der Waals surface area (Å²) in [6.07, 6.45) is 1.24. The number of benzene rings is 1. The number of Topliss-reactive ketones (excluding diaryl/α,β-unsaturated/α-hetero) is 1. The third-order valence-electron chi connectivity index (χ3n) is 2.96. The fraction of sp³-hybridized carbons (Fsp3) is 0.462. The molecule has 4 heteroatoms. The van der Waals surface area contributed by atoms with Gasteiger partial charge >= 0.3 is 0 Å². The number of rotatable bonds is 3. The van der Waals surface area contributed by atoms with Gasteiger partial charge in [-0.05, 0) is 38.0 Å². The maximum atomic E-state index is 13.5. The predicted molar refractivity (Wildman–Crippen MR) is 60.9 cm³/mol. The maximum Gasteiger partial charge on any atom is 0.191 e. The smallest absolute Gasteiger partial charge is 0.191 e. The van der Waals surface area contributed by atoms with E-state index >= 15 is 0 Å². The molecule has 1 fully saturated rings. The van der Waals surface area contributed by atoms with E-state index in [4.69, 9.17) is 9.47 Å². The van der Waals surface area contributed by atoms with Crippen LogP contribution in [0.25, 0.3) is 0 Å². The molecule has 2 rings (SSSR count). The van der Waals surface area contributed by atoms with Crippen molar-refractivity contribution in [2.75, 3.05) is 7.11 Å². The summed E-state index contributed by atoms with van der Waals surface area (Å²) < 4.78 is 23.7. The summed E-state index contributed by atoms with van der Waals surface area (Å²) >= 11 is 0. The first-order valence-corrected chi connectivity index (χ1v) is 5.65. The van der Waals surface area contributed by atoms with Crippen molar-refractivity contribution in [3.05, 3.63) is 29.6 Å². The Bertz CT molecular complexity index is 431. The van der Waals surface area contributed by atoms with Gasteiger partial charge in [-0.15, -0.1) is 0 Å². The van der Waals surface area contributed by atoms with Crippen LogP contribution in [-0.4, -0.2) is 25.1 Å². The van der Waals surface area contributed by atoms with Gasteiger partial charge in [-0.3, -0.25) is 4.79 Å². The van der Waals surface area contributed by atoms with Crippen molar-refractivity contribution in [3.63, 3.8) is 0 Å². The van der Waals surface area contributed by atoms with Gasteiger partial charge in [-0.2, -0.15) is 0 Å². The van der Waals surface area contributed by atoms with E-state index in [1.807, 2.05) is 6.92 Å². The molecule has 2 unspecified atom stereocenters. The highest BCUT2D eigenvalue weighted by atomic mass is 19.1. The van der Waals surface area contributed by atoms with Gasteiger partial charge in [0.05, 0.1) is 13.2 Å². The molecule has 1 heterocycles. The zero-order valence-corrected chi connectivity index (χ0v) is 9.90. The first-order valence-electron chi connectivity index (χ1n) is 5.65. The number of ether oxygens (including phenoxy) is 2. The van der Waals surface area contributed by atoms with Crippen LogP contribution in [0.1, 0.15) is 30.1 Å². The van der Waals surface area contributed by atoms with E-state index in [2.05, 4.69) is 0 Å². The molecule has 0 spiro atoms. The molecule has 0 aliphatic carbocycles. The molecule has 0 N–H and O–H groups in total. The van der Waals surface area contributed by atoms with E-state index in [1.165, 1.54) is 19.2 Å². The summed E-state index contributed by atoms with van der Waals surface area (Å²) in [6.45, 7) is 1.93. The van der Waals surface area contributed by atoms with Crippen molar-refractivity contribution < 1.29 is 18.7 Å². The van der Waals surface area contributed by atoms with Crippen LogP contribution in [0, 0.1) is 5.82 Å². The van der Waals surface area contributed by atoms with Crippen LogP contribution in [0.3, 0.4) is 0 Å². The average Bonchev–Trinajstić information content (AvgIpc) is 2.75. The van der Waals surface area contributed by atoms with E-state index < -0.39 is 11.9 Å². The van der Waals surface area contributed by atoms with Gasteiger partial charge in [0.15, 0.2) is 17.3 Å². The van der Waals surface area contributed by atoms with Gasteiger partial charge in [0, 0.05) is 5.56 Å². The summed E-state index contributed by atoms with van der Waals surface area (Å²) in [6, 6.07) is 4.23. The van der Waals surface area contributed by atoms with E-state index in [0.29, 0.717) is 12.0 Å². The van der Waals surface area contributed by atoms with Crippen LogP contribution in [0.4, 0.5) is 4.39 Å². The van der Waals surface area contributed by atoms with E-state index in [0.717, 1.165) is 6.42 Å². The predicted octanol–water partition coefficient (Wildman–Crippen LogP) is 2.58. The molecule has 17 heavy (non-hydrogen) atoms. The number of hydrogen-bond donors (Lipinski definition) is 0. The van der Waals surface area contributed by atoms with Crippen molar-refractivity contribution in [1.29, 1.82) is 0 Å². The molecule has 1 aliphatic rings. The average molecular weight is 238 g/mol. The molecule has 1 aromatic carbocycles. The van der Waals surface area contributed by atoms with Crippen LogP contribution in [0.5, 0.6) is 5.75 Å². The largest absolute Gasteiger partial charge is 0.494 e. The number of hydrogen-bond acceptors (Lipinski definition) is 3. The minimum atomic E-state index is -0.524. The molecular formula is C13H15FO3. The summed E-state index contributed by atoms with van der Waals surface area (Å²) in [7, 11) is 1.39. The van der Waals surface area contributed by atoms with E-state index in [9.17, 15) is 9.18 Å². The van der Waals surface area contributed by atoms with Crippen LogP contribution >= 0.6 is 0 Å². The lowest BCUT2D eigenvalue weighted by Crippen LogP contribution is -2.20. The fourth-order valence-electron chi connectivity index (χ4n) is 2.00. The highest BCUT2D eigenvalue weighted by molar-refractivity contribution is 5.99. The lowest BCUT2D eigenvalue weighted by atomic mass is 10.0. The first-order chi connectivity index (χ1) is 8.11. The normalized spacial score (nSPS) is 23.7. The number of carbonyl (C=O) groups excluding carboxylic acids is 1. The van der Waals surface area contributed by atoms with E-state index in [1.54, 1.807) is 6.07 Å². The molecule has 0 saturated carbocycles. The molecule has 92 valence electrons. The monoisotopic (exact) mass is 238 g/mol. The molecule has 1 aliphatic heterocycles. The summed E-state index contributed by atoms with van der Waals surface area (Å²) in [5, 5.41) is 0. The van der Waals surface area contributed by atoms with Crippen molar-refractivity contribution in [1.82, 2.24) is 0 Å². The molecule has 0 radical (unpaired) electrons. The van der Waals surface area contributed by atoms with Crippen LogP contribution in [-0.2, 0) is 4.74 Å². The Morgan fingerprint density at radius 2 is 2.24 bits per heavy atom. The third kappa shape index (κ3) is 2.47. The highest BCUT2D eigenvalue weighted by Gasteiger charge is 2.29. The number of ketones is 1. The Hall–Kier alpha value is -1.42. The zero-order chi connectivity index (χ0) is 12.4. The number of methoxy groups -OCH3 is 1. The van der Waals surface area contributed by atoms with Crippen LogP contribution in [0.15, 0.2) is 18.2 Å². The minimum Gasteiger partial charge on any atom is -0.494 e. The van der Waals surface area contributed by atoms with Gasteiger partial charge in [0.25, 0.3) is 0 Å². The van der Waals surface area contributed by atoms with Gasteiger partial charge in [-0.25, -0.2) is 4.39 Å². The van der Waals surface area contributed by atoms with Gasteiger partial charge in [-0.1, -0.05) is 0 Å². The molecule has 1 aromatic rings. The van der Waals surface area contributed by atoms with Gasteiger partial charge in [0.2, 0.25) is 0 Å². The Labute approximate surface area is 99.5 Å². The Morgan fingerprint density at radius 1 is 1.47 bits per heavy atom. The second kappa shape index (κ2) is 4.84. The molecule has 2 atom stereocenters. The Balaban J connectivity index is 2.17. The number of carbonyl (C=O) groups is 1. The quantitative estimate of drug-likeness (QED) is 0.759. The highest BCUT2D eigenvalue weighted by Crippen LogP contribution is 2.24. The molecule has 1 saturated heterocycles. The van der Waals surface area contributed by atoms with Crippen molar-refractivity contribution in [2.24, 2.45) is 0 Å². The second-order valence-corrected chi connectivity index (χ2v) is 4.23. The molecule has 0 bridgehead atoms. The van der Waals surface area contributed by atoms with Crippen molar-refractivity contribution >= 4 is 5.78 Å². The van der Waals surface area contributed by atoms with E-state index in [-0.39, 0.29) is 17.6 Å².